The van der Waals surface area contributed by atoms with Crippen molar-refractivity contribution in [1.29, 1.82) is 0 Å². The third-order valence-corrected chi connectivity index (χ3v) is 7.43. The maximum absolute atomic E-state index is 15.1. The average molecular weight is 432 g/mol. The largest absolute Gasteiger partial charge is 0.493 e. The van der Waals surface area contributed by atoms with E-state index < -0.39 is 5.82 Å². The van der Waals surface area contributed by atoms with Crippen LogP contribution in [0.25, 0.3) is 0 Å². The zero-order valence-electron chi connectivity index (χ0n) is 20.1. The zero-order valence-corrected chi connectivity index (χ0v) is 20.1. The Bertz CT molecular complexity index is 730. The van der Waals surface area contributed by atoms with Gasteiger partial charge in [-0.25, -0.2) is 4.39 Å². The van der Waals surface area contributed by atoms with Crippen LogP contribution in [0.1, 0.15) is 114 Å². The first-order valence-corrected chi connectivity index (χ1v) is 12.8. The minimum atomic E-state index is -0.436. The summed E-state index contributed by atoms with van der Waals surface area (Å²) in [6.07, 6.45) is 11.4. The zero-order chi connectivity index (χ0) is 22.4. The van der Waals surface area contributed by atoms with Crippen molar-refractivity contribution in [2.75, 3.05) is 13.2 Å². The third kappa shape index (κ3) is 6.02. The third-order valence-electron chi connectivity index (χ3n) is 7.43. The Kier molecular flexibility index (Phi) is 8.80. The molecule has 0 spiro atoms. The van der Waals surface area contributed by atoms with Gasteiger partial charge in [-0.3, -0.25) is 4.79 Å². The topological polar surface area (TPSA) is 29.5 Å². The van der Waals surface area contributed by atoms with Gasteiger partial charge in [0.05, 0.1) is 12.2 Å². The van der Waals surface area contributed by atoms with E-state index in [1.54, 1.807) is 0 Å². The van der Waals surface area contributed by atoms with Crippen LogP contribution in [-0.4, -0.2) is 30.0 Å². The highest BCUT2D eigenvalue weighted by atomic mass is 19.1. The van der Waals surface area contributed by atoms with Crippen LogP contribution < -0.4 is 4.74 Å². The monoisotopic (exact) mass is 431 g/mol. The summed E-state index contributed by atoms with van der Waals surface area (Å²) in [7, 11) is 0. The van der Waals surface area contributed by atoms with Crippen LogP contribution in [0.4, 0.5) is 4.39 Å². The first kappa shape index (κ1) is 24.1. The predicted octanol–water partition coefficient (Wildman–Crippen LogP) is 7.34. The Morgan fingerprint density at radius 3 is 2.52 bits per heavy atom. The second-order valence-corrected chi connectivity index (χ2v) is 9.80. The molecule has 4 heteroatoms. The van der Waals surface area contributed by atoms with Crippen molar-refractivity contribution in [3.63, 3.8) is 0 Å². The molecule has 1 aromatic rings. The average Bonchev–Trinajstić information content (AvgIpc) is 3.53. The Morgan fingerprint density at radius 2 is 1.90 bits per heavy atom. The lowest BCUT2D eigenvalue weighted by molar-refractivity contribution is 0.0726. The number of halogens is 1. The van der Waals surface area contributed by atoms with E-state index >= 15 is 4.39 Å². The van der Waals surface area contributed by atoms with E-state index in [2.05, 4.69) is 27.7 Å². The van der Waals surface area contributed by atoms with Gasteiger partial charge in [-0.05, 0) is 68.4 Å². The number of ether oxygens (including phenoxy) is 1. The molecule has 1 aromatic carbocycles. The Hall–Kier alpha value is -1.58. The quantitative estimate of drug-likeness (QED) is 0.324. The van der Waals surface area contributed by atoms with Gasteiger partial charge in [-0.1, -0.05) is 52.9 Å². The van der Waals surface area contributed by atoms with Crippen molar-refractivity contribution in [2.24, 2.45) is 11.8 Å². The van der Waals surface area contributed by atoms with Crippen molar-refractivity contribution in [2.45, 2.75) is 104 Å². The van der Waals surface area contributed by atoms with E-state index in [-0.39, 0.29) is 17.5 Å². The van der Waals surface area contributed by atoms with Crippen LogP contribution in [0.2, 0.25) is 0 Å². The summed E-state index contributed by atoms with van der Waals surface area (Å²) in [6, 6.07) is 3.48. The van der Waals surface area contributed by atoms with Crippen LogP contribution in [0.5, 0.6) is 5.75 Å². The number of hydrogen-bond acceptors (Lipinski definition) is 2. The van der Waals surface area contributed by atoms with Crippen molar-refractivity contribution in [1.82, 2.24) is 4.90 Å². The number of hydrogen-bond donors (Lipinski definition) is 0. The van der Waals surface area contributed by atoms with Crippen molar-refractivity contribution < 1.29 is 13.9 Å². The fourth-order valence-corrected chi connectivity index (χ4v) is 5.17. The van der Waals surface area contributed by atoms with Crippen molar-refractivity contribution in [3.05, 3.63) is 29.1 Å². The molecule has 31 heavy (non-hydrogen) atoms. The van der Waals surface area contributed by atoms with Gasteiger partial charge in [0.1, 0.15) is 11.6 Å². The molecule has 174 valence electrons. The maximum atomic E-state index is 15.1. The molecule has 1 saturated carbocycles. The van der Waals surface area contributed by atoms with Crippen LogP contribution in [0.3, 0.4) is 0 Å². The molecule has 0 bridgehead atoms. The maximum Gasteiger partial charge on any atom is 0.257 e. The highest BCUT2D eigenvalue weighted by Crippen LogP contribution is 2.45. The molecule has 0 N–H and O–H groups in total. The highest BCUT2D eigenvalue weighted by Gasteiger charge is 2.36. The number of nitrogens with zero attached hydrogens (tertiary/aromatic N) is 1. The lowest BCUT2D eigenvalue weighted by Crippen LogP contribution is -2.36. The lowest BCUT2D eigenvalue weighted by Gasteiger charge is -2.25. The first-order valence-electron chi connectivity index (χ1n) is 12.8. The predicted molar refractivity (Wildman–Crippen MR) is 125 cm³/mol. The molecule has 1 aliphatic carbocycles. The summed E-state index contributed by atoms with van der Waals surface area (Å²) in [4.78, 5) is 15.1. The van der Waals surface area contributed by atoms with Crippen LogP contribution in [0.15, 0.2) is 12.1 Å². The number of carbonyl (C=O) groups is 1. The Balaban J connectivity index is 1.74. The van der Waals surface area contributed by atoms with Gasteiger partial charge < -0.3 is 9.64 Å². The van der Waals surface area contributed by atoms with E-state index in [0.717, 1.165) is 50.6 Å². The molecule has 0 radical (unpaired) electrons. The summed E-state index contributed by atoms with van der Waals surface area (Å²) in [5.41, 5.74) is 1.26. The molecule has 3 rings (SSSR count). The molecule has 3 nitrogen and oxygen atoms in total. The van der Waals surface area contributed by atoms with Gasteiger partial charge in [0, 0.05) is 18.7 Å². The van der Waals surface area contributed by atoms with Gasteiger partial charge in [0.2, 0.25) is 0 Å². The molecule has 0 aromatic heterocycles. The fourth-order valence-electron chi connectivity index (χ4n) is 5.17. The van der Waals surface area contributed by atoms with E-state index in [1.165, 1.54) is 31.7 Å². The van der Waals surface area contributed by atoms with E-state index in [0.29, 0.717) is 30.1 Å². The second-order valence-electron chi connectivity index (χ2n) is 9.80. The van der Waals surface area contributed by atoms with Crippen LogP contribution in [-0.2, 0) is 0 Å². The highest BCUT2D eigenvalue weighted by molar-refractivity contribution is 5.95. The van der Waals surface area contributed by atoms with Crippen molar-refractivity contribution >= 4 is 5.91 Å². The summed E-state index contributed by atoms with van der Waals surface area (Å²) in [5.74, 6) is 1.51. The first-order chi connectivity index (χ1) is 15.0. The number of likely N-dealkylation sites (tertiary alicyclic amines) is 1. The SMILES string of the molecule is CCCCCC(CCC)COc1cc(F)c(C(=O)N2CC[C@H](CC)C2C)cc1C1CC1. The molecule has 1 aliphatic heterocycles. The minimum absolute atomic E-state index is 0.155. The summed E-state index contributed by atoms with van der Waals surface area (Å²) in [5, 5.41) is 0. The number of benzene rings is 1. The van der Waals surface area contributed by atoms with Gasteiger partial charge in [-0.15, -0.1) is 0 Å². The van der Waals surface area contributed by atoms with Gasteiger partial charge >= 0.3 is 0 Å². The number of unbranched alkanes of at least 4 members (excludes halogenated alkanes) is 2. The molecule has 2 aliphatic rings. The molecule has 2 fully saturated rings. The Morgan fingerprint density at radius 1 is 1.13 bits per heavy atom. The summed E-state index contributed by atoms with van der Waals surface area (Å²) in [6.45, 7) is 10.1. The Labute approximate surface area is 188 Å². The molecule has 1 amide bonds. The standard InChI is InChI=1S/C27H42FNO2/c1-5-8-9-11-20(10-6-2)18-31-26-17-25(28)24(16-23(26)22-12-13-22)27(30)29-15-14-21(7-3)19(29)4/h16-17,19-22H,5-15,18H2,1-4H3/t19?,20?,21-/m0/s1. The number of amides is 1. The van der Waals surface area contributed by atoms with Crippen LogP contribution >= 0.6 is 0 Å². The normalized spacial score (nSPS) is 22.0. The van der Waals surface area contributed by atoms with Gasteiger partial charge in [0.25, 0.3) is 5.91 Å². The van der Waals surface area contributed by atoms with E-state index in [4.69, 9.17) is 4.74 Å². The molecule has 1 heterocycles. The van der Waals surface area contributed by atoms with E-state index in [9.17, 15) is 4.79 Å². The van der Waals surface area contributed by atoms with E-state index in [1.807, 2.05) is 11.0 Å². The minimum Gasteiger partial charge on any atom is -0.493 e. The van der Waals surface area contributed by atoms with Gasteiger partial charge in [0.15, 0.2) is 0 Å². The molecule has 3 atom stereocenters. The van der Waals surface area contributed by atoms with Gasteiger partial charge in [-0.2, -0.15) is 0 Å². The summed E-state index contributed by atoms with van der Waals surface area (Å²) >= 11 is 0. The smallest absolute Gasteiger partial charge is 0.257 e. The number of rotatable bonds is 12. The second kappa shape index (κ2) is 11.3. The molecular formula is C27H42FNO2. The molecule has 2 unspecified atom stereocenters. The molecule has 1 saturated heterocycles. The fraction of sp³-hybridized carbons (Fsp3) is 0.741. The number of carbonyl (C=O) groups excluding carboxylic acids is 1. The summed E-state index contributed by atoms with van der Waals surface area (Å²) < 4.78 is 21.3. The molecular weight excluding hydrogens is 389 g/mol. The van der Waals surface area contributed by atoms with Crippen molar-refractivity contribution in [3.8, 4) is 5.75 Å². The lowest BCUT2D eigenvalue weighted by atomic mass is 9.97. The van der Waals surface area contributed by atoms with Crippen LogP contribution in [0, 0.1) is 17.7 Å².